The first-order valence-electron chi connectivity index (χ1n) is 12.6. The molecule has 31 heavy (non-hydrogen) atoms. The minimum absolute atomic E-state index is 0.00265. The third-order valence-electron chi connectivity index (χ3n) is 6.07. The lowest BCUT2D eigenvalue weighted by Crippen LogP contribution is -2.19. The highest BCUT2D eigenvalue weighted by atomic mass is 16.3. The van der Waals surface area contributed by atoms with Crippen LogP contribution in [-0.2, 0) is 15.6 Å². The Morgan fingerprint density at radius 3 is 1.71 bits per heavy atom. The van der Waals surface area contributed by atoms with E-state index in [9.17, 15) is 9.90 Å². The van der Waals surface area contributed by atoms with E-state index in [-0.39, 0.29) is 22.5 Å². The zero-order valence-electron chi connectivity index (χ0n) is 21.5. The first-order valence-corrected chi connectivity index (χ1v) is 12.6. The van der Waals surface area contributed by atoms with Crippen molar-refractivity contribution >= 4 is 11.6 Å². The molecule has 1 aromatic rings. The maximum atomic E-state index is 12.5. The molecule has 0 radical (unpaired) electrons. The van der Waals surface area contributed by atoms with Crippen LogP contribution in [0.5, 0.6) is 5.75 Å². The first kappa shape index (κ1) is 27.5. The Morgan fingerprint density at radius 2 is 1.26 bits per heavy atom. The number of hydrogen-bond acceptors (Lipinski definition) is 2. The second kappa shape index (κ2) is 13.1. The maximum Gasteiger partial charge on any atom is 0.224 e. The van der Waals surface area contributed by atoms with Gasteiger partial charge in [-0.3, -0.25) is 4.79 Å². The molecule has 0 aromatic heterocycles. The summed E-state index contributed by atoms with van der Waals surface area (Å²) < 4.78 is 0. The lowest BCUT2D eigenvalue weighted by Gasteiger charge is -2.27. The molecule has 178 valence electrons. The second-order valence-electron chi connectivity index (χ2n) is 11.3. The van der Waals surface area contributed by atoms with E-state index in [2.05, 4.69) is 59.8 Å². The van der Waals surface area contributed by atoms with Gasteiger partial charge in [-0.25, -0.2) is 0 Å². The fourth-order valence-electron chi connectivity index (χ4n) is 3.90. The van der Waals surface area contributed by atoms with Gasteiger partial charge in [-0.05, 0) is 28.9 Å². The van der Waals surface area contributed by atoms with Crippen LogP contribution in [0.25, 0.3) is 0 Å². The molecular formula is C28H49NO2. The summed E-state index contributed by atoms with van der Waals surface area (Å²) in [4.78, 5) is 12.5. The molecule has 0 bridgehead atoms. The predicted octanol–water partition coefficient (Wildman–Crippen LogP) is 8.63. The van der Waals surface area contributed by atoms with E-state index < -0.39 is 0 Å². The molecule has 0 saturated heterocycles. The normalized spacial score (nSPS) is 12.2. The van der Waals surface area contributed by atoms with Gasteiger partial charge in [-0.15, -0.1) is 0 Å². The smallest absolute Gasteiger partial charge is 0.224 e. The Kier molecular flexibility index (Phi) is 11.7. The Bertz CT molecular complexity index is 665. The highest BCUT2D eigenvalue weighted by Crippen LogP contribution is 2.40. The zero-order valence-corrected chi connectivity index (χ0v) is 21.5. The van der Waals surface area contributed by atoms with Gasteiger partial charge in [0.2, 0.25) is 5.91 Å². The molecule has 0 spiro atoms. The summed E-state index contributed by atoms with van der Waals surface area (Å²) in [6, 6.07) is 4.01. The fourth-order valence-corrected chi connectivity index (χ4v) is 3.90. The average molecular weight is 432 g/mol. The molecule has 0 aliphatic rings. The summed E-state index contributed by atoms with van der Waals surface area (Å²) in [5.74, 6) is 0.199. The SMILES string of the molecule is CCCCCCCCCCCCCC(=O)Nc1cc(C(C)(C)C)cc(C(C)(C)C)c1O. The average Bonchev–Trinajstić information content (AvgIpc) is 2.65. The monoisotopic (exact) mass is 431 g/mol. The molecule has 3 heteroatoms. The molecule has 1 amide bonds. The van der Waals surface area contributed by atoms with Crippen molar-refractivity contribution < 1.29 is 9.90 Å². The van der Waals surface area contributed by atoms with E-state index in [0.717, 1.165) is 24.0 Å². The van der Waals surface area contributed by atoms with Gasteiger partial charge >= 0.3 is 0 Å². The molecular weight excluding hydrogens is 382 g/mol. The molecule has 1 rings (SSSR count). The van der Waals surface area contributed by atoms with Crippen molar-refractivity contribution in [1.82, 2.24) is 0 Å². The second-order valence-corrected chi connectivity index (χ2v) is 11.3. The van der Waals surface area contributed by atoms with Crippen molar-refractivity contribution in [2.75, 3.05) is 5.32 Å². The Balaban J connectivity index is 2.46. The van der Waals surface area contributed by atoms with E-state index >= 15 is 0 Å². The van der Waals surface area contributed by atoms with Crippen LogP contribution in [0.3, 0.4) is 0 Å². The third kappa shape index (κ3) is 10.6. The van der Waals surface area contributed by atoms with Crippen molar-refractivity contribution in [2.45, 2.75) is 136 Å². The minimum Gasteiger partial charge on any atom is -0.505 e. The van der Waals surface area contributed by atoms with Crippen molar-refractivity contribution in [3.63, 3.8) is 0 Å². The molecule has 0 heterocycles. The number of phenols is 1. The van der Waals surface area contributed by atoms with E-state index in [4.69, 9.17) is 0 Å². The van der Waals surface area contributed by atoms with Crippen LogP contribution in [0.1, 0.15) is 137 Å². The lowest BCUT2D eigenvalue weighted by molar-refractivity contribution is -0.116. The van der Waals surface area contributed by atoms with Gasteiger partial charge in [0.15, 0.2) is 0 Å². The minimum atomic E-state index is -0.194. The summed E-state index contributed by atoms with van der Waals surface area (Å²) in [5.41, 5.74) is 2.31. The summed E-state index contributed by atoms with van der Waals surface area (Å²) in [6.07, 6.45) is 14.5. The van der Waals surface area contributed by atoms with Gasteiger partial charge in [-0.1, -0.05) is 119 Å². The largest absolute Gasteiger partial charge is 0.505 e. The van der Waals surface area contributed by atoms with Gasteiger partial charge in [0.1, 0.15) is 5.75 Å². The number of benzene rings is 1. The van der Waals surface area contributed by atoms with Crippen LogP contribution >= 0.6 is 0 Å². The Labute approximate surface area is 192 Å². The van der Waals surface area contributed by atoms with Crippen LogP contribution in [-0.4, -0.2) is 11.0 Å². The summed E-state index contributed by atoms with van der Waals surface area (Å²) in [6.45, 7) is 15.0. The molecule has 0 aliphatic heterocycles. The number of unbranched alkanes of at least 4 members (excludes halogenated alkanes) is 10. The standard InChI is InChI=1S/C28H49NO2/c1-8-9-10-11-12-13-14-15-16-17-18-19-25(30)29-24-21-22(27(2,3)4)20-23(26(24)31)28(5,6)7/h20-21,31H,8-19H2,1-7H3,(H,29,30). The Hall–Kier alpha value is -1.51. The number of nitrogens with one attached hydrogen (secondary N) is 1. The molecule has 0 atom stereocenters. The van der Waals surface area contributed by atoms with Gasteiger partial charge in [0.25, 0.3) is 0 Å². The van der Waals surface area contributed by atoms with Crippen LogP contribution < -0.4 is 5.32 Å². The van der Waals surface area contributed by atoms with Crippen molar-refractivity contribution in [3.8, 4) is 5.75 Å². The number of anilines is 1. The van der Waals surface area contributed by atoms with Crippen LogP contribution in [0.15, 0.2) is 12.1 Å². The molecule has 3 nitrogen and oxygen atoms in total. The quantitative estimate of drug-likeness (QED) is 0.242. The van der Waals surface area contributed by atoms with Crippen molar-refractivity contribution in [3.05, 3.63) is 23.3 Å². The van der Waals surface area contributed by atoms with E-state index in [1.165, 1.54) is 57.8 Å². The number of amides is 1. The third-order valence-corrected chi connectivity index (χ3v) is 6.07. The van der Waals surface area contributed by atoms with Crippen molar-refractivity contribution in [2.24, 2.45) is 0 Å². The molecule has 1 aromatic carbocycles. The summed E-state index contributed by atoms with van der Waals surface area (Å²) in [5, 5.41) is 13.8. The topological polar surface area (TPSA) is 49.3 Å². The predicted molar refractivity (Wildman–Crippen MR) is 135 cm³/mol. The zero-order chi connectivity index (χ0) is 23.5. The van der Waals surface area contributed by atoms with Gasteiger partial charge in [0.05, 0.1) is 5.69 Å². The number of phenolic OH excluding ortho intramolecular Hbond substituents is 1. The molecule has 0 fully saturated rings. The lowest BCUT2D eigenvalue weighted by atomic mass is 9.79. The molecule has 0 aliphatic carbocycles. The highest BCUT2D eigenvalue weighted by Gasteiger charge is 2.25. The van der Waals surface area contributed by atoms with E-state index in [1.54, 1.807) is 0 Å². The van der Waals surface area contributed by atoms with Crippen LogP contribution in [0, 0.1) is 0 Å². The Morgan fingerprint density at radius 1 is 0.774 bits per heavy atom. The summed E-state index contributed by atoms with van der Waals surface area (Å²) >= 11 is 0. The number of carbonyl (C=O) groups is 1. The fraction of sp³-hybridized carbons (Fsp3) is 0.750. The van der Waals surface area contributed by atoms with E-state index in [0.29, 0.717) is 12.1 Å². The van der Waals surface area contributed by atoms with Crippen LogP contribution in [0.4, 0.5) is 5.69 Å². The molecule has 0 saturated carbocycles. The van der Waals surface area contributed by atoms with Crippen molar-refractivity contribution in [1.29, 1.82) is 0 Å². The number of rotatable bonds is 13. The van der Waals surface area contributed by atoms with Gasteiger partial charge in [0, 0.05) is 12.0 Å². The van der Waals surface area contributed by atoms with Gasteiger partial charge < -0.3 is 10.4 Å². The highest BCUT2D eigenvalue weighted by molar-refractivity contribution is 5.92. The van der Waals surface area contributed by atoms with Gasteiger partial charge in [-0.2, -0.15) is 0 Å². The molecule has 0 unspecified atom stereocenters. The summed E-state index contributed by atoms with van der Waals surface area (Å²) in [7, 11) is 0. The number of aromatic hydroxyl groups is 1. The number of carbonyl (C=O) groups excluding carboxylic acids is 1. The van der Waals surface area contributed by atoms with Crippen LogP contribution in [0.2, 0.25) is 0 Å². The maximum absolute atomic E-state index is 12.5. The first-order chi connectivity index (χ1) is 14.5. The number of hydrogen-bond donors (Lipinski definition) is 2. The van der Waals surface area contributed by atoms with E-state index in [1.807, 2.05) is 6.07 Å². The molecule has 2 N–H and O–H groups in total.